The van der Waals surface area contributed by atoms with E-state index in [0.29, 0.717) is 51.8 Å². The predicted octanol–water partition coefficient (Wildman–Crippen LogP) is 23.4. The molecule has 0 amide bonds. The fourth-order valence-corrected chi connectivity index (χ4v) is 15.1. The smallest absolute Gasteiger partial charge is 0.119 e. The van der Waals surface area contributed by atoms with Crippen LogP contribution in [0.15, 0.2) is 200 Å². The van der Waals surface area contributed by atoms with Crippen LogP contribution in [-0.4, -0.2) is 116 Å². The minimum Gasteiger partial charge on any atom is -0.491 e. The number of benzene rings is 8. The standard InChI is InChI=1S/C29H30O4.C26H26O4.2C10H12O2.C10H16.7C2H6/c1-28(2)19-29(27-6-4-3-5-26(27)28,20-7-11-22(12-8-20)30-15-24-17-32-24)21-9-13-23(14-10-21)31-16-25-18-33-25;1-26(19-5-3-2-4-6-19,20-7-11-22(12-8-20)27-15-24-17-29-24)21-9-13-23(14-10-21)28-16-25-18-30-25;2*1-8-2-4-9(5-3-8)11-6-10-7-12-10;1-7-2-9-4-8(1)5-10(3-7)6-9;7*1-2/h3-14,24-25H,15-19H2,1-2H3;2-14,24-25H,15-18H2,1H3;2*2-5,10H,6-7H2,1H3;7-10H,1-6H2;7*1-2H3. The van der Waals surface area contributed by atoms with Gasteiger partial charge in [0.25, 0.3) is 0 Å². The molecule has 6 unspecified atom stereocenters. The van der Waals surface area contributed by atoms with Gasteiger partial charge in [0.05, 0.1) is 39.6 Å². The molecule has 8 aromatic rings. The summed E-state index contributed by atoms with van der Waals surface area (Å²) in [6.07, 6.45) is 12.3. The van der Waals surface area contributed by atoms with E-state index in [0.717, 1.165) is 80.6 Å². The number of fused-ring (bicyclic) bond motifs is 1. The largest absolute Gasteiger partial charge is 0.491 e. The number of hydrogen-bond donors (Lipinski definition) is 0. The van der Waals surface area contributed by atoms with E-state index in [4.69, 9.17) is 56.8 Å². The molecule has 111 heavy (non-hydrogen) atoms. The molecule has 10 fully saturated rings. The Morgan fingerprint density at radius 2 is 0.505 bits per heavy atom. The van der Waals surface area contributed by atoms with Crippen LogP contribution in [0.3, 0.4) is 0 Å². The Bertz CT molecular complexity index is 3530. The van der Waals surface area contributed by atoms with Gasteiger partial charge >= 0.3 is 0 Å². The summed E-state index contributed by atoms with van der Waals surface area (Å²) in [5.74, 6) is 10.1. The summed E-state index contributed by atoms with van der Waals surface area (Å²) in [5.41, 5.74) is 11.1. The molecule has 6 aliphatic heterocycles. The molecule has 0 aromatic heterocycles. The molecule has 11 aliphatic rings. The molecular weight excluding hydrogens is 1380 g/mol. The van der Waals surface area contributed by atoms with Crippen molar-refractivity contribution in [1.29, 1.82) is 0 Å². The summed E-state index contributed by atoms with van der Waals surface area (Å²) in [6.45, 7) is 47.9. The SMILES string of the molecule is C1C2CC3CC1CC(C2)C3.CC.CC.CC.CC.CC.CC.CC.CC(c1ccccc1)(c1ccc(OCC2CO2)cc1)c1ccc(OCC2CO2)cc1.CC1(C)CC(c2ccc(OCC3CO3)cc2)(c2ccc(OCC3CO3)cc2)c2ccccc21.Cc1ccc(OCC2CO2)cc1.Cc1ccc(OCC2CO2)cc1. The van der Waals surface area contributed by atoms with Crippen LogP contribution in [0.5, 0.6) is 34.5 Å². The maximum Gasteiger partial charge on any atom is 0.119 e. The molecule has 19 rings (SSSR count). The highest BCUT2D eigenvalue weighted by atomic mass is 16.6. The minimum absolute atomic E-state index is 0.0631. The lowest BCUT2D eigenvalue weighted by Gasteiger charge is -2.49. The lowest BCUT2D eigenvalue weighted by Crippen LogP contribution is -2.38. The van der Waals surface area contributed by atoms with Crippen molar-refractivity contribution >= 4 is 0 Å². The summed E-state index contributed by atoms with van der Waals surface area (Å²) < 4.78 is 65.4. The van der Waals surface area contributed by atoms with Crippen molar-refractivity contribution in [2.24, 2.45) is 23.7 Å². The maximum absolute atomic E-state index is 5.91. The minimum atomic E-state index is -0.294. The van der Waals surface area contributed by atoms with Crippen LogP contribution < -0.4 is 28.4 Å². The van der Waals surface area contributed by atoms with Crippen molar-refractivity contribution in [3.63, 3.8) is 0 Å². The lowest BCUT2D eigenvalue weighted by molar-refractivity contribution is 0.0198. The van der Waals surface area contributed by atoms with Crippen molar-refractivity contribution < 1.29 is 56.8 Å². The second-order valence-corrected chi connectivity index (χ2v) is 29.2. The van der Waals surface area contributed by atoms with Crippen LogP contribution in [0.2, 0.25) is 0 Å². The number of epoxide rings is 6. The Morgan fingerprint density at radius 3 is 0.757 bits per heavy atom. The lowest BCUT2D eigenvalue weighted by atomic mass is 9.56. The molecule has 12 heteroatoms. The van der Waals surface area contributed by atoms with Gasteiger partial charge < -0.3 is 56.8 Å². The van der Waals surface area contributed by atoms with Gasteiger partial charge in [-0.15, -0.1) is 0 Å². The van der Waals surface area contributed by atoms with Crippen LogP contribution >= 0.6 is 0 Å². The first-order valence-electron chi connectivity index (χ1n) is 42.5. The fourth-order valence-electron chi connectivity index (χ4n) is 15.1. The fraction of sp³-hybridized carbons (Fsp3) is 0.515. The summed E-state index contributed by atoms with van der Waals surface area (Å²) in [5, 5.41) is 0. The van der Waals surface area contributed by atoms with E-state index in [1.54, 1.807) is 38.5 Å². The number of rotatable bonds is 23. The Kier molecular flexibility index (Phi) is 38.4. The number of aryl methyl sites for hydroxylation is 2. The molecule has 4 bridgehead atoms. The van der Waals surface area contributed by atoms with Crippen LogP contribution in [0.4, 0.5) is 0 Å². The molecule has 0 spiro atoms. The van der Waals surface area contributed by atoms with Crippen LogP contribution in [0.25, 0.3) is 0 Å². The van der Waals surface area contributed by atoms with Gasteiger partial charge in [-0.1, -0.05) is 249 Å². The van der Waals surface area contributed by atoms with E-state index in [1.807, 2.05) is 170 Å². The molecule has 5 aliphatic carbocycles. The molecule has 8 aromatic carbocycles. The van der Waals surface area contributed by atoms with Crippen LogP contribution in [-0.2, 0) is 44.7 Å². The molecule has 6 heterocycles. The third-order valence-corrected chi connectivity index (χ3v) is 20.8. The first-order valence-corrected chi connectivity index (χ1v) is 42.5. The Hall–Kier alpha value is -7.68. The van der Waals surface area contributed by atoms with Gasteiger partial charge in [0.15, 0.2) is 0 Å². The van der Waals surface area contributed by atoms with Gasteiger partial charge in [-0.2, -0.15) is 0 Å². The zero-order chi connectivity index (χ0) is 80.2. The average Bonchev–Trinajstić information content (AvgIpc) is 1.53. The molecule has 606 valence electrons. The number of hydrogen-bond acceptors (Lipinski definition) is 12. The second kappa shape index (κ2) is 47.1. The van der Waals surface area contributed by atoms with Crippen LogP contribution in [0, 0.1) is 37.5 Å². The van der Waals surface area contributed by atoms with E-state index in [2.05, 4.69) is 162 Å². The Balaban J connectivity index is 0.000000198. The zero-order valence-corrected chi connectivity index (χ0v) is 71.2. The third-order valence-electron chi connectivity index (χ3n) is 20.8. The first kappa shape index (κ1) is 90.5. The van der Waals surface area contributed by atoms with E-state index in [9.17, 15) is 0 Å². The summed E-state index contributed by atoms with van der Waals surface area (Å²) in [6, 6.07) is 69.8. The van der Waals surface area contributed by atoms with Crippen LogP contribution in [0.1, 0.15) is 213 Å². The highest BCUT2D eigenvalue weighted by molar-refractivity contribution is 5.60. The second-order valence-electron chi connectivity index (χ2n) is 29.2. The van der Waals surface area contributed by atoms with Gasteiger partial charge in [-0.25, -0.2) is 0 Å². The van der Waals surface area contributed by atoms with Gasteiger partial charge in [-0.3, -0.25) is 0 Å². The van der Waals surface area contributed by atoms with Crippen molar-refractivity contribution in [1.82, 2.24) is 0 Å². The molecule has 4 saturated carbocycles. The zero-order valence-electron chi connectivity index (χ0n) is 71.2. The van der Waals surface area contributed by atoms with Gasteiger partial charge in [-0.05, 0) is 207 Å². The summed E-state index contributed by atoms with van der Waals surface area (Å²) in [7, 11) is 0. The van der Waals surface area contributed by atoms with E-state index >= 15 is 0 Å². The van der Waals surface area contributed by atoms with E-state index in [1.165, 1.54) is 73.7 Å². The van der Waals surface area contributed by atoms with Crippen molar-refractivity contribution in [2.45, 2.75) is 229 Å². The third kappa shape index (κ3) is 28.1. The van der Waals surface area contributed by atoms with E-state index < -0.39 is 0 Å². The Morgan fingerprint density at radius 1 is 0.288 bits per heavy atom. The highest BCUT2D eigenvalue weighted by Gasteiger charge is 2.50. The van der Waals surface area contributed by atoms with Crippen molar-refractivity contribution in [2.75, 3.05) is 79.3 Å². The molecule has 12 nitrogen and oxygen atoms in total. The highest BCUT2D eigenvalue weighted by Crippen LogP contribution is 2.57. The average molecular weight is 1520 g/mol. The van der Waals surface area contributed by atoms with Crippen molar-refractivity contribution in [3.8, 4) is 34.5 Å². The summed E-state index contributed by atoms with van der Waals surface area (Å²) >= 11 is 0. The molecular formula is C99H138O12. The Labute approximate surface area is 670 Å². The van der Waals surface area contributed by atoms with E-state index in [-0.39, 0.29) is 40.7 Å². The first-order chi connectivity index (χ1) is 54.3. The quantitative estimate of drug-likeness (QED) is 0.0446. The molecule has 6 saturated heterocycles. The normalized spacial score (nSPS) is 23.7. The molecule has 0 radical (unpaired) electrons. The molecule has 6 atom stereocenters. The molecule has 0 N–H and O–H groups in total. The monoisotopic (exact) mass is 1520 g/mol. The van der Waals surface area contributed by atoms with Gasteiger partial charge in [0, 0.05) is 10.8 Å². The van der Waals surface area contributed by atoms with Gasteiger partial charge in [0.2, 0.25) is 0 Å². The topological polar surface area (TPSA) is 131 Å². The predicted molar refractivity (Wildman–Crippen MR) is 457 cm³/mol. The van der Waals surface area contributed by atoms with Gasteiger partial charge in [0.1, 0.15) is 111 Å². The van der Waals surface area contributed by atoms with Crippen molar-refractivity contribution in [3.05, 3.63) is 250 Å². The maximum atomic E-state index is 5.91. The summed E-state index contributed by atoms with van der Waals surface area (Å²) in [4.78, 5) is 0. The number of ether oxygens (including phenoxy) is 12.